The van der Waals surface area contributed by atoms with E-state index in [9.17, 15) is 13.2 Å². The molecule has 0 radical (unpaired) electrons. The van der Waals surface area contributed by atoms with Crippen LogP contribution in [0.4, 0.5) is 18.9 Å². The van der Waals surface area contributed by atoms with E-state index in [4.69, 9.17) is 5.26 Å². The number of nitriles is 1. The lowest BCUT2D eigenvalue weighted by Crippen LogP contribution is -2.10. The third-order valence-corrected chi connectivity index (χ3v) is 4.62. The first-order valence-electron chi connectivity index (χ1n) is 8.71. The third-order valence-electron chi connectivity index (χ3n) is 4.62. The molecule has 0 saturated carbocycles. The number of halogens is 3. The van der Waals surface area contributed by atoms with Crippen molar-refractivity contribution in [1.82, 2.24) is 9.78 Å². The molecule has 7 heteroatoms. The Morgan fingerprint density at radius 2 is 1.82 bits per heavy atom. The van der Waals surface area contributed by atoms with E-state index < -0.39 is 11.7 Å². The van der Waals surface area contributed by atoms with Gasteiger partial charge < -0.3 is 5.32 Å². The van der Waals surface area contributed by atoms with Gasteiger partial charge in [0.1, 0.15) is 0 Å². The van der Waals surface area contributed by atoms with Crippen molar-refractivity contribution in [3.8, 4) is 6.07 Å². The van der Waals surface area contributed by atoms with Gasteiger partial charge in [-0.15, -0.1) is 0 Å². The van der Waals surface area contributed by atoms with E-state index in [-0.39, 0.29) is 5.56 Å². The van der Waals surface area contributed by atoms with Crippen molar-refractivity contribution in [3.05, 3.63) is 82.2 Å². The van der Waals surface area contributed by atoms with Crippen molar-refractivity contribution in [2.75, 3.05) is 5.32 Å². The molecule has 2 aromatic carbocycles. The number of nitrogens with one attached hydrogen (secondary N) is 1. The molecule has 0 saturated heterocycles. The van der Waals surface area contributed by atoms with E-state index in [1.807, 2.05) is 48.9 Å². The van der Waals surface area contributed by atoms with Crippen LogP contribution in [0.3, 0.4) is 0 Å². The van der Waals surface area contributed by atoms with E-state index in [1.54, 1.807) is 6.07 Å². The normalized spacial score (nSPS) is 11.3. The highest BCUT2D eigenvalue weighted by Gasteiger charge is 2.33. The summed E-state index contributed by atoms with van der Waals surface area (Å²) in [5.41, 5.74) is 2.82. The van der Waals surface area contributed by atoms with Crippen molar-refractivity contribution in [2.45, 2.75) is 33.1 Å². The number of alkyl halides is 3. The Kier molecular flexibility index (Phi) is 5.41. The highest BCUT2D eigenvalue weighted by Crippen LogP contribution is 2.33. The fourth-order valence-electron chi connectivity index (χ4n) is 3.08. The maximum atomic E-state index is 13.1. The lowest BCUT2D eigenvalue weighted by molar-refractivity contribution is -0.137. The van der Waals surface area contributed by atoms with Gasteiger partial charge in [-0.25, -0.2) is 0 Å². The second kappa shape index (κ2) is 7.77. The molecule has 3 rings (SSSR count). The first-order valence-corrected chi connectivity index (χ1v) is 8.71. The smallest absolute Gasteiger partial charge is 0.381 e. The summed E-state index contributed by atoms with van der Waals surface area (Å²) in [6.07, 6.45) is -4.57. The average molecular weight is 384 g/mol. The number of aromatic nitrogens is 2. The minimum absolute atomic E-state index is 0.306. The lowest BCUT2D eigenvalue weighted by Gasteiger charge is -2.12. The van der Waals surface area contributed by atoms with Gasteiger partial charge in [-0.1, -0.05) is 30.3 Å². The van der Waals surface area contributed by atoms with Gasteiger partial charge in [-0.2, -0.15) is 23.5 Å². The Morgan fingerprint density at radius 3 is 2.46 bits per heavy atom. The fourth-order valence-corrected chi connectivity index (χ4v) is 3.08. The van der Waals surface area contributed by atoms with E-state index in [0.717, 1.165) is 28.6 Å². The predicted octanol–water partition coefficient (Wildman–Crippen LogP) is 5.05. The van der Waals surface area contributed by atoms with Crippen molar-refractivity contribution >= 4 is 5.69 Å². The Labute approximate surface area is 161 Å². The van der Waals surface area contributed by atoms with Crippen LogP contribution in [0.2, 0.25) is 0 Å². The van der Waals surface area contributed by atoms with Crippen molar-refractivity contribution in [3.63, 3.8) is 0 Å². The Morgan fingerprint density at radius 1 is 1.11 bits per heavy atom. The number of nitrogens with zero attached hydrogens (tertiary/aromatic N) is 3. The van der Waals surface area contributed by atoms with Crippen LogP contribution in [0.15, 0.2) is 48.5 Å². The van der Waals surface area contributed by atoms with Gasteiger partial charge in [-0.3, -0.25) is 4.68 Å². The van der Waals surface area contributed by atoms with Crippen molar-refractivity contribution < 1.29 is 13.2 Å². The van der Waals surface area contributed by atoms with Gasteiger partial charge in [0.25, 0.3) is 0 Å². The molecule has 0 atom stereocenters. The number of hydrogen-bond acceptors (Lipinski definition) is 3. The van der Waals surface area contributed by atoms with E-state index >= 15 is 0 Å². The molecule has 3 aromatic rings. The zero-order valence-electron chi connectivity index (χ0n) is 15.5. The summed E-state index contributed by atoms with van der Waals surface area (Å²) in [7, 11) is 0. The molecule has 0 spiro atoms. The molecule has 0 aliphatic carbocycles. The fraction of sp³-hybridized carbons (Fsp3) is 0.238. The summed E-state index contributed by atoms with van der Waals surface area (Å²) in [5, 5.41) is 16.5. The van der Waals surface area contributed by atoms with Crippen LogP contribution in [0.5, 0.6) is 0 Å². The quantitative estimate of drug-likeness (QED) is 0.670. The number of aryl methyl sites for hydroxylation is 1. The molecular weight excluding hydrogens is 365 g/mol. The second-order valence-corrected chi connectivity index (χ2v) is 6.52. The molecule has 0 unspecified atom stereocenters. The van der Waals surface area contributed by atoms with Gasteiger partial charge in [0.2, 0.25) is 0 Å². The first kappa shape index (κ1) is 19.5. The number of hydrogen-bond donors (Lipinski definition) is 1. The molecule has 28 heavy (non-hydrogen) atoms. The SMILES string of the molecule is Cc1nn(Cc2ccccc2)c(C)c1CNc1ccc(C#N)c(C(F)(F)F)c1. The van der Waals surface area contributed by atoms with Crippen LogP contribution in [0.25, 0.3) is 0 Å². The van der Waals surface area contributed by atoms with Crippen LogP contribution < -0.4 is 5.32 Å². The molecule has 0 aliphatic rings. The van der Waals surface area contributed by atoms with Gasteiger partial charge >= 0.3 is 6.18 Å². The number of rotatable bonds is 5. The molecule has 0 amide bonds. The lowest BCUT2D eigenvalue weighted by atomic mass is 10.1. The maximum absolute atomic E-state index is 13.1. The van der Waals surface area contributed by atoms with Crippen LogP contribution in [0, 0.1) is 25.2 Å². The third kappa shape index (κ3) is 4.17. The zero-order valence-corrected chi connectivity index (χ0v) is 15.5. The van der Waals surface area contributed by atoms with Crippen LogP contribution in [-0.2, 0) is 19.3 Å². The molecule has 1 aromatic heterocycles. The Balaban J connectivity index is 1.79. The topological polar surface area (TPSA) is 53.6 Å². The highest BCUT2D eigenvalue weighted by molar-refractivity contribution is 5.53. The number of benzene rings is 2. The maximum Gasteiger partial charge on any atom is 0.417 e. The minimum Gasteiger partial charge on any atom is -0.381 e. The van der Waals surface area contributed by atoms with Crippen LogP contribution >= 0.6 is 0 Å². The summed E-state index contributed by atoms with van der Waals surface area (Å²) in [6.45, 7) is 4.80. The Bertz CT molecular complexity index is 1010. The average Bonchev–Trinajstić information content (AvgIpc) is 2.93. The summed E-state index contributed by atoms with van der Waals surface area (Å²) >= 11 is 0. The molecule has 144 valence electrons. The van der Waals surface area contributed by atoms with E-state index in [1.165, 1.54) is 12.1 Å². The van der Waals surface area contributed by atoms with Crippen LogP contribution in [0.1, 0.15) is 33.6 Å². The molecule has 4 nitrogen and oxygen atoms in total. The summed E-state index contributed by atoms with van der Waals surface area (Å²) in [5.74, 6) is 0. The first-order chi connectivity index (χ1) is 13.3. The largest absolute Gasteiger partial charge is 0.417 e. The van der Waals surface area contributed by atoms with Gasteiger partial charge in [0.05, 0.1) is 29.4 Å². The molecule has 1 N–H and O–H groups in total. The predicted molar refractivity (Wildman–Crippen MR) is 101 cm³/mol. The molecule has 0 aliphatic heterocycles. The molecule has 0 fully saturated rings. The van der Waals surface area contributed by atoms with Gasteiger partial charge in [0, 0.05) is 23.5 Å². The molecule has 0 bridgehead atoms. The van der Waals surface area contributed by atoms with Crippen LogP contribution in [-0.4, -0.2) is 9.78 Å². The highest BCUT2D eigenvalue weighted by atomic mass is 19.4. The summed E-state index contributed by atoms with van der Waals surface area (Å²) < 4.78 is 41.3. The summed E-state index contributed by atoms with van der Waals surface area (Å²) in [6, 6.07) is 15.1. The monoisotopic (exact) mass is 384 g/mol. The van der Waals surface area contributed by atoms with Crippen molar-refractivity contribution in [1.29, 1.82) is 5.26 Å². The number of anilines is 1. The van der Waals surface area contributed by atoms with E-state index in [0.29, 0.717) is 18.8 Å². The second-order valence-electron chi connectivity index (χ2n) is 6.52. The van der Waals surface area contributed by atoms with Crippen molar-refractivity contribution in [2.24, 2.45) is 0 Å². The standard InChI is InChI=1S/C21H19F3N4/c1-14-19(15(2)28(27-14)13-16-6-4-3-5-7-16)12-26-18-9-8-17(11-25)20(10-18)21(22,23)24/h3-10,26H,12-13H2,1-2H3. The minimum atomic E-state index is -4.57. The van der Waals surface area contributed by atoms with Gasteiger partial charge in [0.15, 0.2) is 0 Å². The summed E-state index contributed by atoms with van der Waals surface area (Å²) in [4.78, 5) is 0. The Hall–Kier alpha value is -3.27. The van der Waals surface area contributed by atoms with Gasteiger partial charge in [-0.05, 0) is 37.6 Å². The van der Waals surface area contributed by atoms with E-state index in [2.05, 4.69) is 10.4 Å². The molecular formula is C21H19F3N4. The zero-order chi connectivity index (χ0) is 20.3. The molecule has 1 heterocycles.